The maximum Gasteiger partial charge on any atom is 0.126 e. The number of nitrogens with zero attached hydrogens (tertiary/aromatic N) is 3. The van der Waals surface area contributed by atoms with Crippen molar-refractivity contribution in [3.8, 4) is 0 Å². The molecule has 3 rings (SSSR count). The number of rotatable bonds is 2. The average molecular weight is 252 g/mol. The van der Waals surface area contributed by atoms with Crippen molar-refractivity contribution in [2.45, 2.75) is 13.3 Å². The van der Waals surface area contributed by atoms with E-state index in [0.29, 0.717) is 12.2 Å². The molecule has 2 N–H and O–H groups in total. The summed E-state index contributed by atoms with van der Waals surface area (Å²) in [6.07, 6.45) is 2.49. The summed E-state index contributed by atoms with van der Waals surface area (Å²) in [5.41, 5.74) is 10.2. The summed E-state index contributed by atoms with van der Waals surface area (Å²) in [4.78, 5) is 8.86. The molecule has 0 aliphatic heterocycles. The lowest BCUT2D eigenvalue weighted by atomic mass is 10.1. The fraction of sp³-hybridized carbons (Fsp3) is 0.200. The van der Waals surface area contributed by atoms with E-state index in [0.717, 1.165) is 28.0 Å². The molecule has 0 fully saturated rings. The number of fused-ring (bicyclic) bond motifs is 1. The number of hydrogen-bond donors (Lipinski definition) is 1. The Morgan fingerprint density at radius 1 is 1.26 bits per heavy atom. The van der Waals surface area contributed by atoms with Gasteiger partial charge in [-0.3, -0.25) is 0 Å². The highest BCUT2D eigenvalue weighted by Crippen LogP contribution is 2.19. The Morgan fingerprint density at radius 3 is 2.84 bits per heavy atom. The van der Waals surface area contributed by atoms with Gasteiger partial charge in [-0.05, 0) is 24.6 Å². The summed E-state index contributed by atoms with van der Waals surface area (Å²) < 4.78 is 2.11. The molecule has 4 heteroatoms. The Morgan fingerprint density at radius 2 is 2.05 bits per heavy atom. The minimum Gasteiger partial charge on any atom is -0.383 e. The van der Waals surface area contributed by atoms with Gasteiger partial charge >= 0.3 is 0 Å². The maximum atomic E-state index is 5.93. The van der Waals surface area contributed by atoms with Gasteiger partial charge in [0.15, 0.2) is 0 Å². The zero-order valence-electron chi connectivity index (χ0n) is 11.1. The lowest BCUT2D eigenvalue weighted by Gasteiger charge is -2.06. The highest BCUT2D eigenvalue weighted by atomic mass is 15.1. The van der Waals surface area contributed by atoms with Crippen molar-refractivity contribution in [3.05, 3.63) is 53.5 Å². The van der Waals surface area contributed by atoms with Gasteiger partial charge in [0.05, 0.1) is 11.0 Å². The van der Waals surface area contributed by atoms with Crippen LogP contribution in [0, 0.1) is 6.92 Å². The summed E-state index contributed by atoms with van der Waals surface area (Å²) >= 11 is 0. The van der Waals surface area contributed by atoms with Crippen molar-refractivity contribution >= 4 is 16.9 Å². The Kier molecular flexibility index (Phi) is 2.71. The third-order valence-corrected chi connectivity index (χ3v) is 3.37. The smallest absolute Gasteiger partial charge is 0.126 e. The first-order valence-corrected chi connectivity index (χ1v) is 6.26. The van der Waals surface area contributed by atoms with Gasteiger partial charge in [-0.15, -0.1) is 0 Å². The normalized spacial score (nSPS) is 11.1. The van der Waals surface area contributed by atoms with Crippen molar-refractivity contribution in [1.29, 1.82) is 0 Å². The highest BCUT2D eigenvalue weighted by Gasteiger charge is 2.10. The molecular formula is C15H16N4. The largest absolute Gasteiger partial charge is 0.383 e. The van der Waals surface area contributed by atoms with E-state index in [9.17, 15) is 0 Å². The molecule has 0 spiro atoms. The molecule has 0 radical (unpaired) electrons. The fourth-order valence-corrected chi connectivity index (χ4v) is 2.31. The van der Waals surface area contributed by atoms with E-state index >= 15 is 0 Å². The summed E-state index contributed by atoms with van der Waals surface area (Å²) in [5.74, 6) is 1.58. The highest BCUT2D eigenvalue weighted by molar-refractivity contribution is 5.75. The fourth-order valence-electron chi connectivity index (χ4n) is 2.31. The molecule has 1 aromatic carbocycles. The summed E-state index contributed by atoms with van der Waals surface area (Å²) in [6, 6.07) is 10.2. The lowest BCUT2D eigenvalue weighted by molar-refractivity contribution is 0.843. The van der Waals surface area contributed by atoms with E-state index in [-0.39, 0.29) is 0 Å². The number of imidazole rings is 1. The predicted molar refractivity (Wildman–Crippen MR) is 76.9 cm³/mol. The molecule has 19 heavy (non-hydrogen) atoms. The van der Waals surface area contributed by atoms with E-state index in [4.69, 9.17) is 5.73 Å². The van der Waals surface area contributed by atoms with Gasteiger partial charge in [-0.25, -0.2) is 9.97 Å². The zero-order chi connectivity index (χ0) is 13.4. The van der Waals surface area contributed by atoms with Gasteiger partial charge in [0.1, 0.15) is 11.6 Å². The molecule has 0 bridgehead atoms. The first-order chi connectivity index (χ1) is 9.15. The molecule has 2 aromatic heterocycles. The Labute approximate surface area is 111 Å². The number of benzene rings is 1. The minimum atomic E-state index is 0.581. The van der Waals surface area contributed by atoms with Gasteiger partial charge in [0.2, 0.25) is 0 Å². The van der Waals surface area contributed by atoms with Crippen molar-refractivity contribution in [3.63, 3.8) is 0 Å². The topological polar surface area (TPSA) is 56.7 Å². The van der Waals surface area contributed by atoms with E-state index in [1.807, 2.05) is 32.2 Å². The first-order valence-electron chi connectivity index (χ1n) is 6.26. The van der Waals surface area contributed by atoms with E-state index in [2.05, 4.69) is 26.7 Å². The van der Waals surface area contributed by atoms with Crippen LogP contribution in [-0.2, 0) is 13.5 Å². The third kappa shape index (κ3) is 2.05. The summed E-state index contributed by atoms with van der Waals surface area (Å²) in [6.45, 7) is 2.02. The molecule has 2 heterocycles. The molecule has 0 aliphatic carbocycles. The molecule has 4 nitrogen and oxygen atoms in total. The van der Waals surface area contributed by atoms with E-state index < -0.39 is 0 Å². The van der Waals surface area contributed by atoms with Gasteiger partial charge < -0.3 is 10.3 Å². The molecule has 0 saturated heterocycles. The average Bonchev–Trinajstić information content (AvgIpc) is 2.72. The molecule has 0 unspecified atom stereocenters. The second-order valence-corrected chi connectivity index (χ2v) is 4.81. The van der Waals surface area contributed by atoms with Crippen LogP contribution in [-0.4, -0.2) is 14.5 Å². The van der Waals surface area contributed by atoms with Crippen LogP contribution < -0.4 is 5.73 Å². The van der Waals surface area contributed by atoms with Crippen LogP contribution in [0.3, 0.4) is 0 Å². The third-order valence-electron chi connectivity index (χ3n) is 3.37. The molecule has 0 atom stereocenters. The number of aromatic nitrogens is 3. The second kappa shape index (κ2) is 4.39. The number of hydrogen-bond acceptors (Lipinski definition) is 3. The lowest BCUT2D eigenvalue weighted by Crippen LogP contribution is -2.03. The maximum absolute atomic E-state index is 5.93. The monoisotopic (exact) mass is 252 g/mol. The number of nitrogen functional groups attached to an aromatic ring is 1. The van der Waals surface area contributed by atoms with Gasteiger partial charge in [0.25, 0.3) is 0 Å². The van der Waals surface area contributed by atoms with Crippen molar-refractivity contribution < 1.29 is 0 Å². The van der Waals surface area contributed by atoms with Crippen molar-refractivity contribution in [2.24, 2.45) is 7.05 Å². The van der Waals surface area contributed by atoms with Gasteiger partial charge in [-0.1, -0.05) is 18.2 Å². The van der Waals surface area contributed by atoms with Crippen LogP contribution >= 0.6 is 0 Å². The molecule has 96 valence electrons. The van der Waals surface area contributed by atoms with Crippen molar-refractivity contribution in [1.82, 2.24) is 14.5 Å². The SMILES string of the molecule is Cc1cnc(N)c(Cc2nc3ccccc3n2C)c1. The van der Waals surface area contributed by atoms with Crippen LogP contribution in [0.4, 0.5) is 5.82 Å². The van der Waals surface area contributed by atoms with Gasteiger partial charge in [-0.2, -0.15) is 0 Å². The van der Waals surface area contributed by atoms with Crippen LogP contribution in [0.15, 0.2) is 36.5 Å². The number of nitrogens with two attached hydrogens (primary N) is 1. The van der Waals surface area contributed by atoms with Crippen LogP contribution in [0.2, 0.25) is 0 Å². The number of aryl methyl sites for hydroxylation is 2. The molecule has 0 saturated carbocycles. The van der Waals surface area contributed by atoms with Crippen LogP contribution in [0.5, 0.6) is 0 Å². The first kappa shape index (κ1) is 11.7. The summed E-state index contributed by atoms with van der Waals surface area (Å²) in [5, 5.41) is 0. The standard InChI is InChI=1S/C15H16N4/c1-10-7-11(15(16)17-9-10)8-14-18-12-5-3-4-6-13(12)19(14)2/h3-7,9H,8H2,1-2H3,(H2,16,17). The molecule has 0 amide bonds. The molecule has 3 aromatic rings. The van der Waals surface area contributed by atoms with E-state index in [1.165, 1.54) is 0 Å². The van der Waals surface area contributed by atoms with Crippen LogP contribution in [0.25, 0.3) is 11.0 Å². The zero-order valence-corrected chi connectivity index (χ0v) is 11.1. The number of anilines is 1. The van der Waals surface area contributed by atoms with Crippen molar-refractivity contribution in [2.75, 3.05) is 5.73 Å². The minimum absolute atomic E-state index is 0.581. The predicted octanol–water partition coefficient (Wildman–Crippen LogP) is 2.45. The summed E-state index contributed by atoms with van der Waals surface area (Å²) in [7, 11) is 2.03. The van der Waals surface area contributed by atoms with Gasteiger partial charge in [0, 0.05) is 25.2 Å². The molecular weight excluding hydrogens is 236 g/mol. The molecule has 0 aliphatic rings. The Bertz CT molecular complexity index is 743. The van der Waals surface area contributed by atoms with E-state index in [1.54, 1.807) is 6.20 Å². The second-order valence-electron chi connectivity index (χ2n) is 4.81. The Hall–Kier alpha value is -2.36. The number of para-hydroxylation sites is 2. The quantitative estimate of drug-likeness (QED) is 0.762. The van der Waals surface area contributed by atoms with Crippen LogP contribution in [0.1, 0.15) is 17.0 Å². The Balaban J connectivity index is 2.06. The number of pyridine rings is 1.